The van der Waals surface area contributed by atoms with Crippen molar-refractivity contribution in [2.75, 3.05) is 0 Å². The van der Waals surface area contributed by atoms with Gasteiger partial charge in [-0.1, -0.05) is 79.7 Å². The van der Waals surface area contributed by atoms with Crippen LogP contribution in [-0.2, 0) is 0 Å². The van der Waals surface area contributed by atoms with Crippen molar-refractivity contribution in [3.8, 4) is 11.5 Å². The molecule has 1 N–H and O–H groups in total. The highest BCUT2D eigenvalue weighted by Crippen LogP contribution is 2.38. The smallest absolute Gasteiger partial charge is 0.250 e. The first kappa shape index (κ1) is 30.5. The van der Waals surface area contributed by atoms with Crippen molar-refractivity contribution in [1.82, 2.24) is 0 Å². The number of aliphatic hydroxyl groups is 1. The maximum Gasteiger partial charge on any atom is 0.250 e. The van der Waals surface area contributed by atoms with Crippen LogP contribution in [0.15, 0.2) is 48.5 Å². The summed E-state index contributed by atoms with van der Waals surface area (Å²) in [7, 11) is -3.44. The van der Waals surface area contributed by atoms with E-state index in [1.807, 2.05) is 24.3 Å². The summed E-state index contributed by atoms with van der Waals surface area (Å²) in [4.78, 5) is 0. The second kappa shape index (κ2) is 11.4. The Balaban J connectivity index is 0.000000340. The first-order chi connectivity index (χ1) is 15.3. The maximum absolute atomic E-state index is 9.44. The topological polar surface area (TPSA) is 38.7 Å². The Labute approximate surface area is 212 Å². The fourth-order valence-electron chi connectivity index (χ4n) is 2.63. The number of hydrogen-bond acceptors (Lipinski definition) is 3. The van der Waals surface area contributed by atoms with Gasteiger partial charge in [-0.3, -0.25) is 0 Å². The zero-order chi connectivity index (χ0) is 26.5. The lowest BCUT2D eigenvalue weighted by Gasteiger charge is -2.36. The molecule has 34 heavy (non-hydrogen) atoms. The van der Waals surface area contributed by atoms with Gasteiger partial charge in [-0.2, -0.15) is 0 Å². The summed E-state index contributed by atoms with van der Waals surface area (Å²) in [5.74, 6) is 2.50. The quantitative estimate of drug-likeness (QED) is 0.400. The number of hydrogen-bond donors (Lipinski definition) is 1. The molecule has 0 aromatic heterocycles. The number of benzene rings is 2. The molecule has 2 rings (SSSR count). The summed E-state index contributed by atoms with van der Waals surface area (Å²) in [5.41, 5.74) is 2.29. The molecule has 0 aliphatic rings. The molecule has 0 bridgehead atoms. The van der Waals surface area contributed by atoms with Crippen molar-refractivity contribution >= 4 is 16.6 Å². The Morgan fingerprint density at radius 1 is 0.588 bits per heavy atom. The van der Waals surface area contributed by atoms with E-state index >= 15 is 0 Å². The van der Waals surface area contributed by atoms with Crippen molar-refractivity contribution in [3.05, 3.63) is 59.7 Å². The number of aliphatic hydroxyl groups excluding tert-OH is 1. The van der Waals surface area contributed by atoms with E-state index in [4.69, 9.17) is 8.85 Å². The minimum absolute atomic E-state index is 0.204. The Kier molecular flexibility index (Phi) is 10.3. The summed E-state index contributed by atoms with van der Waals surface area (Å²) < 4.78 is 12.4. The van der Waals surface area contributed by atoms with Crippen LogP contribution in [0.1, 0.15) is 85.5 Å². The number of rotatable bonds is 6. The monoisotopic (exact) mass is 502 g/mol. The molecule has 3 nitrogen and oxygen atoms in total. The Hall–Kier alpha value is -1.57. The van der Waals surface area contributed by atoms with Crippen LogP contribution in [0.4, 0.5) is 0 Å². The highest BCUT2D eigenvalue weighted by Gasteiger charge is 2.39. The van der Waals surface area contributed by atoms with Crippen molar-refractivity contribution in [1.29, 1.82) is 0 Å². The average molecular weight is 503 g/mol. The van der Waals surface area contributed by atoms with Crippen LogP contribution in [0.2, 0.25) is 36.3 Å². The molecule has 0 aliphatic carbocycles. The molecule has 0 saturated carbocycles. The molecular formula is C29H50O3Si2. The van der Waals surface area contributed by atoms with E-state index in [0.717, 1.165) is 17.1 Å². The summed E-state index contributed by atoms with van der Waals surface area (Å²) >= 11 is 0. The van der Waals surface area contributed by atoms with E-state index in [1.54, 1.807) is 6.92 Å². The molecule has 0 spiro atoms. The largest absolute Gasteiger partial charge is 0.544 e. The van der Waals surface area contributed by atoms with Crippen LogP contribution in [0.5, 0.6) is 11.5 Å². The standard InChI is InChI=1S/C15H26OSi.C14H24O2Si/c1-12(2)13-8-10-14(11-9-13)16-17(6,7)15(3,4)5;1-11(15)12-7-9-13(10-8-12)16-17(5,6)14(2,3)4/h8-12H,1-7H3;7-11,15H,1-6H3. The normalized spacial score (nSPS) is 13.7. The molecule has 0 fully saturated rings. The zero-order valence-corrected chi connectivity index (χ0v) is 26.0. The van der Waals surface area contributed by atoms with Gasteiger partial charge in [0.25, 0.3) is 0 Å². The van der Waals surface area contributed by atoms with Gasteiger partial charge in [0.15, 0.2) is 0 Å². The molecule has 5 heteroatoms. The third-order valence-electron chi connectivity index (χ3n) is 7.27. The Morgan fingerprint density at radius 3 is 1.12 bits per heavy atom. The molecule has 192 valence electrons. The predicted molar refractivity (Wildman–Crippen MR) is 153 cm³/mol. The first-order valence-corrected chi connectivity index (χ1v) is 18.3. The molecule has 0 aliphatic heterocycles. The SMILES string of the molecule is CC(C)c1ccc(O[Si](C)(C)C(C)(C)C)cc1.CC(O)c1ccc(O[Si](C)(C)C(C)(C)C)cc1. The maximum atomic E-state index is 9.44. The van der Waals surface area contributed by atoms with E-state index in [2.05, 4.69) is 106 Å². The van der Waals surface area contributed by atoms with Crippen molar-refractivity contribution < 1.29 is 14.0 Å². The molecule has 2 aromatic carbocycles. The summed E-state index contributed by atoms with van der Waals surface area (Å²) in [5, 5.41) is 9.90. The molecule has 0 saturated heterocycles. The van der Waals surface area contributed by atoms with Crippen LogP contribution >= 0.6 is 0 Å². The van der Waals surface area contributed by atoms with E-state index in [-0.39, 0.29) is 10.1 Å². The third kappa shape index (κ3) is 8.90. The van der Waals surface area contributed by atoms with Crippen molar-refractivity contribution in [2.45, 2.75) is 111 Å². The van der Waals surface area contributed by atoms with Crippen LogP contribution in [0.25, 0.3) is 0 Å². The molecule has 0 amide bonds. The molecule has 2 aromatic rings. The lowest BCUT2D eigenvalue weighted by atomic mass is 10.0. The molecular weight excluding hydrogens is 452 g/mol. The summed E-state index contributed by atoms with van der Waals surface area (Å²) in [6.45, 7) is 28.7. The minimum atomic E-state index is -1.75. The van der Waals surface area contributed by atoms with Crippen molar-refractivity contribution in [3.63, 3.8) is 0 Å². The van der Waals surface area contributed by atoms with Crippen LogP contribution in [-0.4, -0.2) is 21.7 Å². The highest BCUT2D eigenvalue weighted by atomic mass is 28.4. The summed E-state index contributed by atoms with van der Waals surface area (Å²) in [6, 6.07) is 16.3. The molecule has 0 heterocycles. The van der Waals surface area contributed by atoms with E-state index in [1.165, 1.54) is 5.56 Å². The fraction of sp³-hybridized carbons (Fsp3) is 0.586. The second-order valence-electron chi connectivity index (χ2n) is 12.7. The minimum Gasteiger partial charge on any atom is -0.544 e. The Morgan fingerprint density at radius 2 is 0.882 bits per heavy atom. The first-order valence-electron chi connectivity index (χ1n) is 12.5. The zero-order valence-electron chi connectivity index (χ0n) is 24.0. The highest BCUT2D eigenvalue weighted by molar-refractivity contribution is 6.75. The van der Waals surface area contributed by atoms with Gasteiger partial charge in [-0.15, -0.1) is 0 Å². The fourth-order valence-corrected chi connectivity index (χ4v) is 4.69. The van der Waals surface area contributed by atoms with Crippen LogP contribution < -0.4 is 8.85 Å². The van der Waals surface area contributed by atoms with Crippen LogP contribution in [0, 0.1) is 0 Å². The van der Waals surface area contributed by atoms with Crippen LogP contribution in [0.3, 0.4) is 0 Å². The second-order valence-corrected chi connectivity index (χ2v) is 22.1. The molecule has 0 radical (unpaired) electrons. The molecule has 1 unspecified atom stereocenters. The molecule has 1 atom stereocenters. The van der Waals surface area contributed by atoms with Gasteiger partial charge in [0.1, 0.15) is 11.5 Å². The van der Waals surface area contributed by atoms with Gasteiger partial charge in [0.2, 0.25) is 16.6 Å². The lowest BCUT2D eigenvalue weighted by molar-refractivity contribution is 0.199. The average Bonchev–Trinajstić information content (AvgIpc) is 2.67. The van der Waals surface area contributed by atoms with E-state index < -0.39 is 22.7 Å². The third-order valence-corrected chi connectivity index (χ3v) is 16.0. The van der Waals surface area contributed by atoms with E-state index in [0.29, 0.717) is 5.92 Å². The van der Waals surface area contributed by atoms with Gasteiger partial charge >= 0.3 is 0 Å². The lowest BCUT2D eigenvalue weighted by Crippen LogP contribution is -2.43. The van der Waals surface area contributed by atoms with Gasteiger partial charge in [-0.05, 0) is 84.5 Å². The van der Waals surface area contributed by atoms with Gasteiger partial charge in [0.05, 0.1) is 6.10 Å². The Bertz CT molecular complexity index is 794. The van der Waals surface area contributed by atoms with Gasteiger partial charge in [-0.25, -0.2) is 0 Å². The predicted octanol–water partition coefficient (Wildman–Crippen LogP) is 9.32. The summed E-state index contributed by atoms with van der Waals surface area (Å²) in [6.07, 6.45) is -0.420. The van der Waals surface area contributed by atoms with Gasteiger partial charge in [0, 0.05) is 0 Å². The van der Waals surface area contributed by atoms with Crippen molar-refractivity contribution in [2.24, 2.45) is 0 Å². The van der Waals surface area contributed by atoms with Gasteiger partial charge < -0.3 is 14.0 Å². The van der Waals surface area contributed by atoms with E-state index in [9.17, 15) is 5.11 Å².